The van der Waals surface area contributed by atoms with Crippen molar-refractivity contribution in [2.75, 3.05) is 5.32 Å². The minimum absolute atomic E-state index is 0.141. The van der Waals surface area contributed by atoms with Crippen LogP contribution in [0.25, 0.3) is 0 Å². The SMILES string of the molecule is Cc1c([N+](=O)[O-])cnn1C(C)C(=O)Nc1sc2c(c1C(=O)OC(C)C)CCCC2. The fourth-order valence-electron chi connectivity index (χ4n) is 3.45. The molecule has 29 heavy (non-hydrogen) atoms. The molecule has 1 aliphatic carbocycles. The van der Waals surface area contributed by atoms with Gasteiger partial charge in [0.05, 0.1) is 16.6 Å². The molecule has 1 atom stereocenters. The molecule has 10 heteroatoms. The van der Waals surface area contributed by atoms with Crippen molar-refractivity contribution in [3.05, 3.63) is 38.0 Å². The second-order valence-corrected chi connectivity index (χ2v) is 8.46. The molecule has 0 saturated carbocycles. The highest BCUT2D eigenvalue weighted by atomic mass is 32.1. The fourth-order valence-corrected chi connectivity index (χ4v) is 4.73. The summed E-state index contributed by atoms with van der Waals surface area (Å²) in [7, 11) is 0. The van der Waals surface area contributed by atoms with Crippen molar-refractivity contribution in [2.24, 2.45) is 0 Å². The van der Waals surface area contributed by atoms with Crippen LogP contribution in [0.15, 0.2) is 6.20 Å². The summed E-state index contributed by atoms with van der Waals surface area (Å²) in [6.45, 7) is 6.72. The summed E-state index contributed by atoms with van der Waals surface area (Å²) >= 11 is 1.40. The highest BCUT2D eigenvalue weighted by Gasteiger charge is 2.30. The first-order chi connectivity index (χ1) is 13.7. The van der Waals surface area contributed by atoms with Gasteiger partial charge in [0.1, 0.15) is 22.9 Å². The van der Waals surface area contributed by atoms with Gasteiger partial charge in [0.25, 0.3) is 0 Å². The zero-order valence-electron chi connectivity index (χ0n) is 16.9. The Balaban J connectivity index is 1.89. The van der Waals surface area contributed by atoms with Crippen LogP contribution in [-0.4, -0.2) is 32.7 Å². The summed E-state index contributed by atoms with van der Waals surface area (Å²) in [5, 5.41) is 18.3. The maximum Gasteiger partial charge on any atom is 0.341 e. The molecule has 156 valence electrons. The molecule has 3 rings (SSSR count). The summed E-state index contributed by atoms with van der Waals surface area (Å²) in [6.07, 6.45) is 4.56. The Hall–Kier alpha value is -2.75. The summed E-state index contributed by atoms with van der Waals surface area (Å²) in [4.78, 5) is 37.2. The predicted octanol–water partition coefficient (Wildman–Crippen LogP) is 3.80. The topological polar surface area (TPSA) is 116 Å². The van der Waals surface area contributed by atoms with E-state index in [2.05, 4.69) is 10.4 Å². The van der Waals surface area contributed by atoms with E-state index in [9.17, 15) is 19.7 Å². The van der Waals surface area contributed by atoms with E-state index >= 15 is 0 Å². The molecule has 0 saturated heterocycles. The minimum Gasteiger partial charge on any atom is -0.459 e. The molecule has 1 N–H and O–H groups in total. The summed E-state index contributed by atoms with van der Waals surface area (Å²) < 4.78 is 6.71. The molecular weight excluding hydrogens is 396 g/mol. The van der Waals surface area contributed by atoms with Gasteiger partial charge in [-0.05, 0) is 58.9 Å². The Morgan fingerprint density at radius 3 is 2.62 bits per heavy atom. The van der Waals surface area contributed by atoms with E-state index in [1.165, 1.54) is 16.0 Å². The third-order valence-electron chi connectivity index (χ3n) is 4.92. The molecule has 0 bridgehead atoms. The number of carbonyl (C=O) groups excluding carboxylic acids is 2. The number of esters is 1. The lowest BCUT2D eigenvalue weighted by Gasteiger charge is -2.15. The molecule has 0 fully saturated rings. The van der Waals surface area contributed by atoms with E-state index in [-0.39, 0.29) is 11.8 Å². The van der Waals surface area contributed by atoms with Crippen LogP contribution in [0.4, 0.5) is 10.7 Å². The number of anilines is 1. The maximum atomic E-state index is 12.9. The number of fused-ring (bicyclic) bond motifs is 1. The summed E-state index contributed by atoms with van der Waals surface area (Å²) in [6, 6.07) is -0.781. The number of rotatable bonds is 6. The molecule has 0 aliphatic heterocycles. The van der Waals surface area contributed by atoms with Gasteiger partial charge in [0.15, 0.2) is 0 Å². The number of hydrogen-bond donors (Lipinski definition) is 1. The van der Waals surface area contributed by atoms with Crippen molar-refractivity contribution in [1.82, 2.24) is 9.78 Å². The van der Waals surface area contributed by atoms with E-state index < -0.39 is 22.8 Å². The average molecular weight is 420 g/mol. The molecule has 1 aliphatic rings. The zero-order valence-corrected chi connectivity index (χ0v) is 17.7. The van der Waals surface area contributed by atoms with E-state index in [0.29, 0.717) is 16.3 Å². The van der Waals surface area contributed by atoms with Crippen molar-refractivity contribution < 1.29 is 19.2 Å². The van der Waals surface area contributed by atoms with E-state index in [1.54, 1.807) is 27.7 Å². The highest BCUT2D eigenvalue weighted by molar-refractivity contribution is 7.17. The van der Waals surface area contributed by atoms with Crippen LogP contribution in [-0.2, 0) is 22.4 Å². The van der Waals surface area contributed by atoms with Gasteiger partial charge in [-0.25, -0.2) is 4.79 Å². The highest BCUT2D eigenvalue weighted by Crippen LogP contribution is 2.39. The van der Waals surface area contributed by atoms with Crippen molar-refractivity contribution in [3.63, 3.8) is 0 Å². The summed E-state index contributed by atoms with van der Waals surface area (Å²) in [5.41, 5.74) is 1.54. The lowest BCUT2D eigenvalue weighted by atomic mass is 9.95. The molecular formula is C19H24N4O5S. The van der Waals surface area contributed by atoms with Gasteiger partial charge in [0, 0.05) is 4.88 Å². The van der Waals surface area contributed by atoms with E-state index in [4.69, 9.17) is 4.74 Å². The van der Waals surface area contributed by atoms with Gasteiger partial charge >= 0.3 is 11.7 Å². The monoisotopic (exact) mass is 420 g/mol. The van der Waals surface area contributed by atoms with Crippen molar-refractivity contribution in [2.45, 2.75) is 65.5 Å². The quantitative estimate of drug-likeness (QED) is 0.431. The standard InChI is InChI=1S/C19H24N4O5S/c1-10(2)28-19(25)16-13-7-5-6-8-15(13)29-18(16)21-17(24)12(4)22-11(3)14(9-20-22)23(26)27/h9-10,12H,5-8H2,1-4H3,(H,21,24). The molecule has 0 spiro atoms. The van der Waals surface area contributed by atoms with Crippen LogP contribution in [0.1, 0.15) is 66.1 Å². The molecule has 1 unspecified atom stereocenters. The molecule has 2 aromatic rings. The van der Waals surface area contributed by atoms with Gasteiger partial charge in [0.2, 0.25) is 5.91 Å². The second-order valence-electron chi connectivity index (χ2n) is 7.35. The maximum absolute atomic E-state index is 12.9. The Kier molecular flexibility index (Phi) is 6.02. The molecule has 2 heterocycles. The number of aromatic nitrogens is 2. The number of nitro groups is 1. The number of nitrogens with one attached hydrogen (secondary N) is 1. The van der Waals surface area contributed by atoms with Gasteiger partial charge in [-0.15, -0.1) is 11.3 Å². The number of thiophene rings is 1. The zero-order chi connectivity index (χ0) is 21.3. The second kappa shape index (κ2) is 8.32. The van der Waals surface area contributed by atoms with Gasteiger partial charge in [-0.1, -0.05) is 0 Å². The first kappa shape index (κ1) is 21.0. The third-order valence-corrected chi connectivity index (χ3v) is 6.12. The van der Waals surface area contributed by atoms with Crippen molar-refractivity contribution in [1.29, 1.82) is 0 Å². The molecule has 0 radical (unpaired) electrons. The normalized spacial score (nSPS) is 14.4. The van der Waals surface area contributed by atoms with Gasteiger partial charge in [-0.2, -0.15) is 5.10 Å². The fraction of sp³-hybridized carbons (Fsp3) is 0.526. The number of amides is 1. The Labute approximate surface area is 172 Å². The third kappa shape index (κ3) is 4.16. The minimum atomic E-state index is -0.781. The number of aryl methyl sites for hydroxylation is 1. The Bertz CT molecular complexity index is 962. The lowest BCUT2D eigenvalue weighted by Crippen LogP contribution is -2.26. The molecule has 0 aromatic carbocycles. The predicted molar refractivity (Wildman–Crippen MR) is 108 cm³/mol. The number of ether oxygens (including phenoxy) is 1. The van der Waals surface area contributed by atoms with Gasteiger partial charge < -0.3 is 10.1 Å². The molecule has 2 aromatic heterocycles. The van der Waals surface area contributed by atoms with Crippen LogP contribution in [0.2, 0.25) is 0 Å². The number of nitrogens with zero attached hydrogens (tertiary/aromatic N) is 3. The van der Waals surface area contributed by atoms with Crippen LogP contribution in [0, 0.1) is 17.0 Å². The van der Waals surface area contributed by atoms with Crippen LogP contribution < -0.4 is 5.32 Å². The van der Waals surface area contributed by atoms with E-state index in [0.717, 1.165) is 42.3 Å². The molecule has 9 nitrogen and oxygen atoms in total. The van der Waals surface area contributed by atoms with Crippen molar-refractivity contribution in [3.8, 4) is 0 Å². The first-order valence-electron chi connectivity index (χ1n) is 9.55. The Morgan fingerprint density at radius 1 is 1.31 bits per heavy atom. The Morgan fingerprint density at radius 2 is 2.00 bits per heavy atom. The smallest absolute Gasteiger partial charge is 0.341 e. The number of hydrogen-bond acceptors (Lipinski definition) is 7. The lowest BCUT2D eigenvalue weighted by molar-refractivity contribution is -0.385. The first-order valence-corrected chi connectivity index (χ1v) is 10.4. The van der Waals surface area contributed by atoms with Crippen LogP contribution in [0.5, 0.6) is 0 Å². The molecule has 1 amide bonds. The largest absolute Gasteiger partial charge is 0.459 e. The summed E-state index contributed by atoms with van der Waals surface area (Å²) in [5.74, 6) is -0.837. The van der Waals surface area contributed by atoms with Crippen LogP contribution in [0.3, 0.4) is 0 Å². The van der Waals surface area contributed by atoms with Crippen molar-refractivity contribution >= 4 is 33.9 Å². The van der Waals surface area contributed by atoms with Crippen LogP contribution >= 0.6 is 11.3 Å². The van der Waals surface area contributed by atoms with Gasteiger partial charge in [-0.3, -0.25) is 19.6 Å². The van der Waals surface area contributed by atoms with E-state index in [1.807, 2.05) is 0 Å². The average Bonchev–Trinajstić information content (AvgIpc) is 3.20. The number of carbonyl (C=O) groups is 2.